The van der Waals surface area contributed by atoms with Gasteiger partial charge in [-0.3, -0.25) is 4.79 Å². The maximum atomic E-state index is 12.2. The van der Waals surface area contributed by atoms with Gasteiger partial charge in [0.2, 0.25) is 0 Å². The second kappa shape index (κ2) is 5.58. The minimum atomic E-state index is -1.62. The molecule has 1 aliphatic carbocycles. The molecule has 106 valence electrons. The Morgan fingerprint density at radius 3 is 2.55 bits per heavy atom. The quantitative estimate of drug-likeness (QED) is 0.723. The van der Waals surface area contributed by atoms with Crippen LogP contribution in [0.4, 0.5) is 0 Å². The lowest BCUT2D eigenvalue weighted by Gasteiger charge is -2.26. The van der Waals surface area contributed by atoms with Crippen molar-refractivity contribution in [3.63, 3.8) is 0 Å². The van der Waals surface area contributed by atoms with Gasteiger partial charge in [0.25, 0.3) is 0 Å². The summed E-state index contributed by atoms with van der Waals surface area (Å²) in [5.74, 6) is -2.55. The lowest BCUT2D eigenvalue weighted by molar-refractivity contribution is -0.150. The number of aliphatic hydroxyl groups is 3. The predicted octanol–water partition coefficient (Wildman–Crippen LogP) is 1.40. The van der Waals surface area contributed by atoms with Crippen molar-refractivity contribution in [1.29, 1.82) is 0 Å². The minimum absolute atomic E-state index is 0.0249. The van der Waals surface area contributed by atoms with Crippen LogP contribution in [-0.2, 0) is 9.53 Å². The van der Waals surface area contributed by atoms with Crippen LogP contribution in [-0.4, -0.2) is 34.0 Å². The molecule has 5 heteroatoms. The molecule has 0 saturated heterocycles. The zero-order valence-electron chi connectivity index (χ0n) is 11.0. The van der Waals surface area contributed by atoms with Crippen molar-refractivity contribution in [3.05, 3.63) is 59.4 Å². The summed E-state index contributed by atoms with van der Waals surface area (Å²) in [5, 5.41) is 29.7. The number of ether oxygens (including phenoxy) is 1. The van der Waals surface area contributed by atoms with Crippen molar-refractivity contribution < 1.29 is 24.9 Å². The Hall–Kier alpha value is -1.95. The highest BCUT2D eigenvalue weighted by atomic mass is 16.6. The molecule has 0 spiro atoms. The third-order valence-corrected chi connectivity index (χ3v) is 3.22. The maximum Gasteiger partial charge on any atom is 0.199 e. The first kappa shape index (κ1) is 14.5. The summed E-state index contributed by atoms with van der Waals surface area (Å²) >= 11 is 0. The molecule has 0 heterocycles. The van der Waals surface area contributed by atoms with Gasteiger partial charge in [0.15, 0.2) is 11.6 Å². The molecular weight excluding hydrogens is 260 g/mol. The van der Waals surface area contributed by atoms with E-state index < -0.39 is 17.7 Å². The number of Topliss-reactive ketones (excluding diaryl/α,β-unsaturated/α-hetero) is 1. The Bertz CT molecular complexity index is 561. The van der Waals surface area contributed by atoms with Crippen LogP contribution in [0.1, 0.15) is 18.1 Å². The maximum absolute atomic E-state index is 12.2. The van der Waals surface area contributed by atoms with Gasteiger partial charge >= 0.3 is 0 Å². The van der Waals surface area contributed by atoms with Gasteiger partial charge in [0.05, 0.1) is 12.0 Å². The van der Waals surface area contributed by atoms with E-state index in [9.17, 15) is 20.1 Å². The van der Waals surface area contributed by atoms with E-state index in [1.807, 2.05) is 0 Å². The molecule has 0 aliphatic heterocycles. The van der Waals surface area contributed by atoms with Gasteiger partial charge in [-0.15, -0.1) is 0 Å². The minimum Gasteiger partial charge on any atom is -0.511 e. The fourth-order valence-electron chi connectivity index (χ4n) is 2.00. The van der Waals surface area contributed by atoms with E-state index in [1.165, 1.54) is 19.3 Å². The molecule has 5 nitrogen and oxygen atoms in total. The van der Waals surface area contributed by atoms with Gasteiger partial charge in [0, 0.05) is 7.11 Å². The second-order valence-corrected chi connectivity index (χ2v) is 4.60. The Balaban J connectivity index is 2.23. The van der Waals surface area contributed by atoms with Crippen LogP contribution < -0.4 is 0 Å². The largest absolute Gasteiger partial charge is 0.511 e. The van der Waals surface area contributed by atoms with Gasteiger partial charge in [-0.1, -0.05) is 30.3 Å². The Kier molecular flexibility index (Phi) is 4.04. The molecule has 0 saturated carbocycles. The topological polar surface area (TPSA) is 87.0 Å². The normalized spacial score (nSPS) is 23.8. The number of allylic oxidation sites excluding steroid dienone is 1. The van der Waals surface area contributed by atoms with Crippen LogP contribution in [0.25, 0.3) is 0 Å². The smallest absolute Gasteiger partial charge is 0.199 e. The summed E-state index contributed by atoms with van der Waals surface area (Å²) in [5.41, 5.74) is 0.418. The van der Waals surface area contributed by atoms with E-state index in [1.54, 1.807) is 30.3 Å². The summed E-state index contributed by atoms with van der Waals surface area (Å²) in [6.07, 6.45) is 0.948. The second-order valence-electron chi connectivity index (χ2n) is 4.60. The van der Waals surface area contributed by atoms with Crippen LogP contribution in [0.5, 0.6) is 0 Å². The van der Waals surface area contributed by atoms with E-state index in [2.05, 4.69) is 0 Å². The standard InChI is InChI=1S/C15H16O5/c1-20-15(19)8-7-11(12(16)9-15)14(18)13(17)10-5-3-2-4-6-10/h2-8,13,16-17,19H,9H2,1H3. The zero-order chi connectivity index (χ0) is 14.8. The zero-order valence-corrected chi connectivity index (χ0v) is 11.0. The molecule has 0 fully saturated rings. The lowest BCUT2D eigenvalue weighted by atomic mass is 9.93. The van der Waals surface area contributed by atoms with Crippen LogP contribution in [0, 0.1) is 0 Å². The molecule has 2 atom stereocenters. The number of benzene rings is 1. The summed E-state index contributed by atoms with van der Waals surface area (Å²) in [4.78, 5) is 12.2. The van der Waals surface area contributed by atoms with E-state index in [0.717, 1.165) is 0 Å². The van der Waals surface area contributed by atoms with Crippen LogP contribution in [0.2, 0.25) is 0 Å². The van der Waals surface area contributed by atoms with Crippen LogP contribution in [0.3, 0.4) is 0 Å². The van der Waals surface area contributed by atoms with Crippen molar-refractivity contribution >= 4 is 5.78 Å². The molecular formula is C15H16O5. The first-order valence-electron chi connectivity index (χ1n) is 6.13. The monoisotopic (exact) mass is 276 g/mol. The Labute approximate surface area is 116 Å². The van der Waals surface area contributed by atoms with Gasteiger partial charge < -0.3 is 20.1 Å². The molecule has 1 aromatic rings. The highest BCUT2D eigenvalue weighted by molar-refractivity contribution is 6.02. The van der Waals surface area contributed by atoms with Crippen molar-refractivity contribution in [2.45, 2.75) is 18.3 Å². The van der Waals surface area contributed by atoms with Crippen molar-refractivity contribution in [1.82, 2.24) is 0 Å². The molecule has 1 aliphatic rings. The van der Waals surface area contributed by atoms with Gasteiger partial charge in [-0.25, -0.2) is 0 Å². The number of carbonyl (C=O) groups excluding carboxylic acids is 1. The fourth-order valence-corrected chi connectivity index (χ4v) is 2.00. The molecule has 0 amide bonds. The van der Waals surface area contributed by atoms with Crippen LogP contribution in [0.15, 0.2) is 53.8 Å². The molecule has 0 bridgehead atoms. The average Bonchev–Trinajstić information content (AvgIpc) is 2.47. The number of aliphatic hydroxyl groups excluding tert-OH is 2. The van der Waals surface area contributed by atoms with Crippen LogP contribution >= 0.6 is 0 Å². The van der Waals surface area contributed by atoms with E-state index in [-0.39, 0.29) is 17.8 Å². The number of hydrogen-bond acceptors (Lipinski definition) is 5. The highest BCUT2D eigenvalue weighted by Crippen LogP contribution is 2.29. The number of ketones is 1. The first-order chi connectivity index (χ1) is 9.47. The highest BCUT2D eigenvalue weighted by Gasteiger charge is 2.33. The molecule has 1 aromatic carbocycles. The summed E-state index contributed by atoms with van der Waals surface area (Å²) in [6.45, 7) is 0. The summed E-state index contributed by atoms with van der Waals surface area (Å²) in [6, 6.07) is 8.44. The average molecular weight is 276 g/mol. The number of carbonyl (C=O) groups is 1. The third-order valence-electron chi connectivity index (χ3n) is 3.22. The van der Waals surface area contributed by atoms with Crippen molar-refractivity contribution in [3.8, 4) is 0 Å². The fraction of sp³-hybridized carbons (Fsp3) is 0.267. The number of rotatable bonds is 4. The van der Waals surface area contributed by atoms with Gasteiger partial charge in [0.1, 0.15) is 11.9 Å². The lowest BCUT2D eigenvalue weighted by Crippen LogP contribution is -2.32. The summed E-state index contributed by atoms with van der Waals surface area (Å²) < 4.78 is 4.82. The van der Waals surface area contributed by atoms with E-state index in [4.69, 9.17) is 4.74 Å². The molecule has 0 radical (unpaired) electrons. The molecule has 20 heavy (non-hydrogen) atoms. The van der Waals surface area contributed by atoms with Gasteiger partial charge in [-0.2, -0.15) is 0 Å². The molecule has 0 aromatic heterocycles. The number of hydrogen-bond donors (Lipinski definition) is 3. The summed E-state index contributed by atoms with van der Waals surface area (Å²) in [7, 11) is 1.29. The molecule has 3 N–H and O–H groups in total. The first-order valence-corrected chi connectivity index (χ1v) is 6.13. The SMILES string of the molecule is COC1(O)C=CC(C(=O)C(O)c2ccccc2)=C(O)C1. The molecule has 2 rings (SSSR count). The third kappa shape index (κ3) is 2.80. The van der Waals surface area contributed by atoms with Crippen molar-refractivity contribution in [2.75, 3.05) is 7.11 Å². The number of methoxy groups -OCH3 is 1. The Morgan fingerprint density at radius 2 is 2.00 bits per heavy atom. The van der Waals surface area contributed by atoms with Crippen molar-refractivity contribution in [2.24, 2.45) is 0 Å². The molecule has 2 unspecified atom stereocenters. The van der Waals surface area contributed by atoms with Gasteiger partial charge in [-0.05, 0) is 17.7 Å². The van der Waals surface area contributed by atoms with E-state index >= 15 is 0 Å². The predicted molar refractivity (Wildman–Crippen MR) is 71.8 cm³/mol. The van der Waals surface area contributed by atoms with E-state index in [0.29, 0.717) is 5.56 Å². The Morgan fingerprint density at radius 1 is 1.35 bits per heavy atom.